The highest BCUT2D eigenvalue weighted by Gasteiger charge is 2.08. The molecule has 0 saturated heterocycles. The number of hydrogen-bond acceptors (Lipinski definition) is 4. The molecule has 1 rings (SSSR count). The van der Waals surface area contributed by atoms with Crippen LogP contribution in [0.5, 0.6) is 5.75 Å². The van der Waals surface area contributed by atoms with Gasteiger partial charge in [0, 0.05) is 12.1 Å². The molecule has 0 amide bonds. The number of nitrogens with zero attached hydrogens (tertiary/aromatic N) is 3. The van der Waals surface area contributed by atoms with Gasteiger partial charge in [0.2, 0.25) is 0 Å². The molecule has 0 aliphatic rings. The van der Waals surface area contributed by atoms with Crippen LogP contribution in [0.1, 0.15) is 0 Å². The number of ether oxygens (including phenoxy) is 1. The number of nitro groups is 1. The quantitative estimate of drug-likeness (QED) is 0.139. The maximum Gasteiger partial charge on any atom is 0.419 e. The molecule has 7 heteroatoms. The van der Waals surface area contributed by atoms with Gasteiger partial charge >= 0.3 is 12.2 Å². The molecule has 0 heterocycles. The maximum atomic E-state index is 10.8. The smallest absolute Gasteiger partial charge is 0.418 e. The largest absolute Gasteiger partial charge is 0.419 e. The lowest BCUT2D eigenvalue weighted by atomic mass is 10.3. The van der Waals surface area contributed by atoms with Crippen molar-refractivity contribution in [2.45, 2.75) is 0 Å². The van der Waals surface area contributed by atoms with Crippen molar-refractivity contribution in [3.63, 3.8) is 0 Å². The van der Waals surface area contributed by atoms with Gasteiger partial charge in [-0.05, 0) is 12.1 Å². The minimum absolute atomic E-state index is 0.106. The van der Waals surface area contributed by atoms with Gasteiger partial charge in [-0.3, -0.25) is 10.1 Å². The summed E-state index contributed by atoms with van der Waals surface area (Å²) < 4.78 is 4.62. The topological polar surface area (TPSA) is 106 Å². The molecular formula is C8H5N3O4. The molecule has 0 N–H and O–H groups in total. The summed E-state index contributed by atoms with van der Waals surface area (Å²) in [6, 6.07) is 4.92. The highest BCUT2D eigenvalue weighted by Crippen LogP contribution is 2.16. The normalized spacial score (nSPS) is 8.80. The van der Waals surface area contributed by atoms with Crippen LogP contribution in [0, 0.1) is 10.1 Å². The van der Waals surface area contributed by atoms with E-state index in [-0.39, 0.29) is 11.4 Å². The zero-order chi connectivity index (χ0) is 11.3. The molecule has 0 spiro atoms. The molecular weight excluding hydrogens is 202 g/mol. The fourth-order valence-electron chi connectivity index (χ4n) is 0.826. The molecule has 7 nitrogen and oxygen atoms in total. The number of nitro benzene ring substituents is 1. The summed E-state index contributed by atoms with van der Waals surface area (Å²) in [5, 5.41) is 10.3. The van der Waals surface area contributed by atoms with Crippen LogP contribution < -0.4 is 4.74 Å². The number of hydrogen-bond donors (Lipinski definition) is 0. The van der Waals surface area contributed by atoms with Crippen molar-refractivity contribution in [1.82, 2.24) is 0 Å². The van der Waals surface area contributed by atoms with E-state index in [2.05, 4.69) is 9.53 Å². The third kappa shape index (κ3) is 3.02. The Hall–Kier alpha value is -2.53. The predicted molar refractivity (Wildman–Crippen MR) is 48.4 cm³/mol. The fraction of sp³-hybridized carbons (Fsp3) is 0. The Morgan fingerprint density at radius 1 is 1.47 bits per heavy atom. The molecule has 0 atom stereocenters. The van der Waals surface area contributed by atoms with Crippen LogP contribution in [0.4, 0.5) is 5.69 Å². The summed E-state index contributed by atoms with van der Waals surface area (Å²) in [6.45, 7) is 0. The SMILES string of the molecule is [N-]=[N+]=CC(=O)Oc1ccc([N+](=O)[O-])cc1. The Bertz CT molecular complexity index is 434. The Morgan fingerprint density at radius 2 is 2.07 bits per heavy atom. The molecule has 0 bridgehead atoms. The van der Waals surface area contributed by atoms with Gasteiger partial charge in [-0.2, -0.15) is 4.79 Å². The zero-order valence-corrected chi connectivity index (χ0v) is 7.36. The summed E-state index contributed by atoms with van der Waals surface area (Å²) in [5.41, 5.74) is 7.90. The zero-order valence-electron chi connectivity index (χ0n) is 7.36. The van der Waals surface area contributed by atoms with E-state index in [0.29, 0.717) is 6.21 Å². The second-order valence-electron chi connectivity index (χ2n) is 2.42. The van der Waals surface area contributed by atoms with E-state index in [1.165, 1.54) is 24.3 Å². The Labute approximate surface area is 83.7 Å². The van der Waals surface area contributed by atoms with Gasteiger partial charge < -0.3 is 10.3 Å². The first-order valence-corrected chi connectivity index (χ1v) is 3.77. The summed E-state index contributed by atoms with van der Waals surface area (Å²) in [4.78, 5) is 22.9. The van der Waals surface area contributed by atoms with E-state index in [1.54, 1.807) is 0 Å². The molecule has 0 saturated carbocycles. The van der Waals surface area contributed by atoms with Crippen molar-refractivity contribution >= 4 is 17.9 Å². The molecule has 0 aliphatic carbocycles. The Balaban J connectivity index is 2.76. The number of carbonyl (C=O) groups is 1. The van der Waals surface area contributed by atoms with Crippen molar-refractivity contribution < 1.29 is 19.2 Å². The number of rotatable bonds is 3. The van der Waals surface area contributed by atoms with Crippen LogP contribution in [0.2, 0.25) is 0 Å². The summed E-state index contributed by atoms with van der Waals surface area (Å²) in [6.07, 6.45) is 0.571. The average molecular weight is 207 g/mol. The first-order chi connectivity index (χ1) is 7.13. The van der Waals surface area contributed by atoms with E-state index >= 15 is 0 Å². The van der Waals surface area contributed by atoms with Crippen molar-refractivity contribution in [2.24, 2.45) is 0 Å². The Kier molecular flexibility index (Phi) is 3.26. The molecule has 0 aromatic heterocycles. The monoisotopic (exact) mass is 207 g/mol. The van der Waals surface area contributed by atoms with Gasteiger partial charge in [-0.25, -0.2) is 4.79 Å². The van der Waals surface area contributed by atoms with Gasteiger partial charge in [-0.1, -0.05) is 0 Å². The molecule has 0 radical (unpaired) electrons. The molecule has 15 heavy (non-hydrogen) atoms. The lowest BCUT2D eigenvalue weighted by molar-refractivity contribution is -0.384. The summed E-state index contributed by atoms with van der Waals surface area (Å²) in [5.74, 6) is -0.739. The maximum absolute atomic E-state index is 10.8. The van der Waals surface area contributed by atoms with E-state index in [1.807, 2.05) is 0 Å². The fourth-order valence-corrected chi connectivity index (χ4v) is 0.826. The number of carbonyl (C=O) groups excluding carboxylic acids is 1. The van der Waals surface area contributed by atoms with Crippen LogP contribution >= 0.6 is 0 Å². The number of esters is 1. The van der Waals surface area contributed by atoms with Crippen molar-refractivity contribution in [3.8, 4) is 5.75 Å². The van der Waals surface area contributed by atoms with E-state index < -0.39 is 10.9 Å². The molecule has 76 valence electrons. The number of non-ortho nitro benzene ring substituents is 1. The number of benzene rings is 1. The van der Waals surface area contributed by atoms with E-state index in [4.69, 9.17) is 5.53 Å². The minimum atomic E-state index is -0.869. The van der Waals surface area contributed by atoms with Crippen LogP contribution in [-0.2, 0) is 4.79 Å². The van der Waals surface area contributed by atoms with Crippen molar-refractivity contribution in [1.29, 1.82) is 0 Å². The lowest BCUT2D eigenvalue weighted by Crippen LogP contribution is -2.09. The highest BCUT2D eigenvalue weighted by molar-refractivity contribution is 6.21. The lowest BCUT2D eigenvalue weighted by Gasteiger charge is -1.97. The second kappa shape index (κ2) is 4.64. The summed E-state index contributed by atoms with van der Waals surface area (Å²) in [7, 11) is 0. The average Bonchev–Trinajstić information content (AvgIpc) is 2.18. The van der Waals surface area contributed by atoms with Crippen molar-refractivity contribution in [2.75, 3.05) is 0 Å². The summed E-state index contributed by atoms with van der Waals surface area (Å²) >= 11 is 0. The van der Waals surface area contributed by atoms with Crippen LogP contribution in [0.25, 0.3) is 5.53 Å². The van der Waals surface area contributed by atoms with E-state index in [0.717, 1.165) is 0 Å². The van der Waals surface area contributed by atoms with Gasteiger partial charge in [0.25, 0.3) is 5.69 Å². The molecule has 0 fully saturated rings. The minimum Gasteiger partial charge on any atom is -0.418 e. The van der Waals surface area contributed by atoms with Crippen LogP contribution in [0.15, 0.2) is 24.3 Å². The highest BCUT2D eigenvalue weighted by atomic mass is 16.6. The molecule has 1 aromatic rings. The predicted octanol–water partition coefficient (Wildman–Crippen LogP) is 0.801. The van der Waals surface area contributed by atoms with Gasteiger partial charge in [0.15, 0.2) is 0 Å². The standard InChI is InChI=1S/C8H5N3O4/c9-10-5-8(12)15-7-3-1-6(2-4-7)11(13)14/h1-5H. The Morgan fingerprint density at radius 3 is 2.53 bits per heavy atom. The van der Waals surface area contributed by atoms with Crippen molar-refractivity contribution in [3.05, 3.63) is 39.9 Å². The van der Waals surface area contributed by atoms with E-state index in [9.17, 15) is 14.9 Å². The third-order valence-corrected chi connectivity index (χ3v) is 1.43. The molecule has 1 aromatic carbocycles. The second-order valence-corrected chi connectivity index (χ2v) is 2.42. The van der Waals surface area contributed by atoms with Crippen LogP contribution in [0.3, 0.4) is 0 Å². The first kappa shape index (κ1) is 10.6. The van der Waals surface area contributed by atoms with Gasteiger partial charge in [0.05, 0.1) is 4.92 Å². The van der Waals surface area contributed by atoms with Crippen LogP contribution in [-0.4, -0.2) is 21.9 Å². The molecule has 0 unspecified atom stereocenters. The van der Waals surface area contributed by atoms with Gasteiger partial charge in [0.1, 0.15) is 5.75 Å². The van der Waals surface area contributed by atoms with Gasteiger partial charge in [-0.15, -0.1) is 0 Å². The first-order valence-electron chi connectivity index (χ1n) is 3.77. The molecule has 0 aliphatic heterocycles. The third-order valence-electron chi connectivity index (χ3n) is 1.43.